The average molecular weight is 300 g/mol. The Morgan fingerprint density at radius 1 is 1.33 bits per heavy atom. The number of likely N-dealkylation sites (tertiary alicyclic amines) is 1. The summed E-state index contributed by atoms with van der Waals surface area (Å²) in [6, 6.07) is 0.272. The molecule has 0 aromatic rings. The van der Waals surface area contributed by atoms with Gasteiger partial charge in [0.25, 0.3) is 0 Å². The predicted octanol–water partition coefficient (Wildman–Crippen LogP) is 2.23. The van der Waals surface area contributed by atoms with Gasteiger partial charge in [-0.2, -0.15) is 0 Å². The maximum absolute atomic E-state index is 11.9. The third-order valence-electron chi connectivity index (χ3n) is 3.53. The number of ether oxygens (including phenoxy) is 1. The van der Waals surface area contributed by atoms with Gasteiger partial charge in [0, 0.05) is 25.2 Å². The van der Waals surface area contributed by atoms with Gasteiger partial charge in [-0.1, -0.05) is 6.92 Å². The van der Waals surface area contributed by atoms with Crippen molar-refractivity contribution in [2.45, 2.75) is 71.1 Å². The summed E-state index contributed by atoms with van der Waals surface area (Å²) in [6.07, 6.45) is 2.32. The molecule has 122 valence electrons. The molecule has 1 fully saturated rings. The molecular weight excluding hydrogens is 272 g/mol. The normalized spacial score (nSPS) is 18.4. The molecule has 0 aromatic carbocycles. The lowest BCUT2D eigenvalue weighted by Crippen LogP contribution is -2.49. The highest BCUT2D eigenvalue weighted by Crippen LogP contribution is 2.16. The Bertz CT molecular complexity index is 357. The summed E-state index contributed by atoms with van der Waals surface area (Å²) in [7, 11) is 0. The van der Waals surface area contributed by atoms with E-state index in [2.05, 4.69) is 5.32 Å². The first-order valence-electron chi connectivity index (χ1n) is 7.67. The van der Waals surface area contributed by atoms with Gasteiger partial charge in [0.05, 0.1) is 6.42 Å². The van der Waals surface area contributed by atoms with Crippen molar-refractivity contribution in [1.82, 2.24) is 10.2 Å². The Kier molecular flexibility index (Phi) is 6.45. The number of aliphatic carboxylic acids is 1. The maximum Gasteiger partial charge on any atom is 0.410 e. The quantitative estimate of drug-likeness (QED) is 0.814. The van der Waals surface area contributed by atoms with Gasteiger partial charge in [-0.3, -0.25) is 4.79 Å². The van der Waals surface area contributed by atoms with Gasteiger partial charge < -0.3 is 20.1 Å². The molecule has 1 rings (SSSR count). The van der Waals surface area contributed by atoms with Gasteiger partial charge in [-0.05, 0) is 40.0 Å². The van der Waals surface area contributed by atoms with Crippen molar-refractivity contribution in [3.05, 3.63) is 0 Å². The molecule has 0 saturated carbocycles. The van der Waals surface area contributed by atoms with Gasteiger partial charge in [0.15, 0.2) is 0 Å². The Morgan fingerprint density at radius 2 is 1.90 bits per heavy atom. The van der Waals surface area contributed by atoms with Crippen LogP contribution in [-0.2, 0) is 9.53 Å². The van der Waals surface area contributed by atoms with Crippen molar-refractivity contribution in [3.8, 4) is 0 Å². The van der Waals surface area contributed by atoms with E-state index in [9.17, 15) is 9.59 Å². The zero-order valence-electron chi connectivity index (χ0n) is 13.5. The van der Waals surface area contributed by atoms with Crippen LogP contribution < -0.4 is 5.32 Å². The molecule has 2 N–H and O–H groups in total. The minimum Gasteiger partial charge on any atom is -0.481 e. The molecule has 0 spiro atoms. The largest absolute Gasteiger partial charge is 0.481 e. The van der Waals surface area contributed by atoms with Crippen molar-refractivity contribution < 1.29 is 19.4 Å². The molecular formula is C15H28N2O4. The summed E-state index contributed by atoms with van der Waals surface area (Å²) in [4.78, 5) is 24.4. The lowest BCUT2D eigenvalue weighted by atomic mass is 10.0. The summed E-state index contributed by atoms with van der Waals surface area (Å²) in [5.41, 5.74) is -0.471. The Morgan fingerprint density at radius 3 is 2.33 bits per heavy atom. The molecule has 6 nitrogen and oxygen atoms in total. The van der Waals surface area contributed by atoms with Gasteiger partial charge in [0.2, 0.25) is 0 Å². The highest BCUT2D eigenvalue weighted by atomic mass is 16.6. The monoisotopic (exact) mass is 300 g/mol. The lowest BCUT2D eigenvalue weighted by molar-refractivity contribution is -0.137. The number of nitrogens with zero attached hydrogens (tertiary/aromatic N) is 1. The van der Waals surface area contributed by atoms with Crippen LogP contribution in [0.4, 0.5) is 4.79 Å². The van der Waals surface area contributed by atoms with E-state index in [1.165, 1.54) is 0 Å². The van der Waals surface area contributed by atoms with Crippen LogP contribution in [0.25, 0.3) is 0 Å². The Labute approximate surface area is 126 Å². The van der Waals surface area contributed by atoms with E-state index in [4.69, 9.17) is 9.84 Å². The standard InChI is InChI=1S/C15H28N2O4/c1-5-11(10-13(18)19)16-12-6-8-17(9-7-12)14(20)21-15(2,3)4/h11-12,16H,5-10H2,1-4H3,(H,18,19). The number of carbonyl (C=O) groups excluding carboxylic acids is 1. The maximum atomic E-state index is 11.9. The van der Waals surface area contributed by atoms with Gasteiger partial charge >= 0.3 is 12.1 Å². The fourth-order valence-electron chi connectivity index (χ4n) is 2.42. The molecule has 1 aliphatic heterocycles. The highest BCUT2D eigenvalue weighted by Gasteiger charge is 2.27. The first-order chi connectivity index (χ1) is 9.71. The average Bonchev–Trinajstić information content (AvgIpc) is 2.36. The van der Waals surface area contributed by atoms with Gasteiger partial charge in [-0.15, -0.1) is 0 Å². The van der Waals surface area contributed by atoms with Crippen molar-refractivity contribution in [1.29, 1.82) is 0 Å². The molecule has 1 aliphatic rings. The summed E-state index contributed by atoms with van der Waals surface area (Å²) in [5, 5.41) is 12.2. The van der Waals surface area contributed by atoms with Crippen LogP contribution >= 0.6 is 0 Å². The summed E-state index contributed by atoms with van der Waals surface area (Å²) in [5.74, 6) is -0.777. The molecule has 1 saturated heterocycles. The molecule has 1 atom stereocenters. The van der Waals surface area contributed by atoms with Crippen molar-refractivity contribution in [3.63, 3.8) is 0 Å². The molecule has 1 amide bonds. The number of carboxylic acid groups (broad SMARTS) is 1. The first kappa shape index (κ1) is 17.8. The van der Waals surface area contributed by atoms with E-state index in [-0.39, 0.29) is 24.6 Å². The Balaban J connectivity index is 2.38. The predicted molar refractivity (Wildman–Crippen MR) is 80.3 cm³/mol. The molecule has 1 heterocycles. The molecule has 6 heteroatoms. The zero-order chi connectivity index (χ0) is 16.0. The molecule has 0 radical (unpaired) electrons. The van der Waals surface area contributed by atoms with Crippen molar-refractivity contribution in [2.24, 2.45) is 0 Å². The summed E-state index contributed by atoms with van der Waals surface area (Å²) >= 11 is 0. The third-order valence-corrected chi connectivity index (χ3v) is 3.53. The molecule has 1 unspecified atom stereocenters. The van der Waals surface area contributed by atoms with Crippen LogP contribution in [0.1, 0.15) is 53.4 Å². The second kappa shape index (κ2) is 7.64. The molecule has 21 heavy (non-hydrogen) atoms. The minimum absolute atomic E-state index is 0.000534. The van der Waals surface area contributed by atoms with Crippen LogP contribution in [-0.4, -0.2) is 52.8 Å². The first-order valence-corrected chi connectivity index (χ1v) is 7.67. The van der Waals surface area contributed by atoms with Crippen LogP contribution in [0.5, 0.6) is 0 Å². The van der Waals surface area contributed by atoms with E-state index >= 15 is 0 Å². The van der Waals surface area contributed by atoms with Crippen molar-refractivity contribution >= 4 is 12.1 Å². The fourth-order valence-corrected chi connectivity index (χ4v) is 2.42. The van der Waals surface area contributed by atoms with Crippen LogP contribution in [0.15, 0.2) is 0 Å². The lowest BCUT2D eigenvalue weighted by Gasteiger charge is -2.35. The van der Waals surface area contributed by atoms with Crippen LogP contribution in [0.3, 0.4) is 0 Å². The summed E-state index contributed by atoms with van der Waals surface area (Å²) in [6.45, 7) is 8.85. The number of hydrogen-bond donors (Lipinski definition) is 2. The smallest absolute Gasteiger partial charge is 0.410 e. The van der Waals surface area contributed by atoms with E-state index < -0.39 is 11.6 Å². The SMILES string of the molecule is CCC(CC(=O)O)NC1CCN(C(=O)OC(C)(C)C)CC1. The van der Waals surface area contributed by atoms with E-state index in [1.54, 1.807) is 4.90 Å². The molecule has 0 bridgehead atoms. The number of piperidine rings is 1. The number of hydrogen-bond acceptors (Lipinski definition) is 4. The van der Waals surface area contributed by atoms with Crippen molar-refractivity contribution in [2.75, 3.05) is 13.1 Å². The number of nitrogens with one attached hydrogen (secondary N) is 1. The number of amides is 1. The fraction of sp³-hybridized carbons (Fsp3) is 0.867. The second-order valence-electron chi connectivity index (χ2n) is 6.61. The summed E-state index contributed by atoms with van der Waals surface area (Å²) < 4.78 is 5.36. The number of rotatable bonds is 5. The number of carboxylic acids is 1. The van der Waals surface area contributed by atoms with Gasteiger partial charge in [0.1, 0.15) is 5.60 Å². The van der Waals surface area contributed by atoms with E-state index in [0.29, 0.717) is 13.1 Å². The molecule has 0 aliphatic carbocycles. The highest BCUT2D eigenvalue weighted by molar-refractivity contribution is 5.68. The van der Waals surface area contributed by atoms with Crippen LogP contribution in [0.2, 0.25) is 0 Å². The second-order valence-corrected chi connectivity index (χ2v) is 6.61. The number of carbonyl (C=O) groups is 2. The van der Waals surface area contributed by atoms with E-state index in [0.717, 1.165) is 19.3 Å². The topological polar surface area (TPSA) is 78.9 Å². The van der Waals surface area contributed by atoms with Crippen LogP contribution in [0, 0.1) is 0 Å². The molecule has 0 aromatic heterocycles. The van der Waals surface area contributed by atoms with E-state index in [1.807, 2.05) is 27.7 Å². The Hall–Kier alpha value is -1.30. The zero-order valence-corrected chi connectivity index (χ0v) is 13.5. The van der Waals surface area contributed by atoms with Gasteiger partial charge in [-0.25, -0.2) is 4.79 Å². The minimum atomic E-state index is -0.777. The third kappa shape index (κ3) is 6.80.